The molecule has 0 saturated carbocycles. The third-order valence-electron chi connectivity index (χ3n) is 1.96. The van der Waals surface area contributed by atoms with E-state index < -0.39 is 32.5 Å². The Labute approximate surface area is 92.6 Å². The number of rotatable bonds is 3. The molecular weight excluding hydrogens is 238 g/mol. The fraction of sp³-hybridized carbons (Fsp3) is 0.400. The molecule has 0 saturated heterocycles. The zero-order valence-corrected chi connectivity index (χ0v) is 9.68. The van der Waals surface area contributed by atoms with Crippen LogP contribution in [0.3, 0.4) is 0 Å². The summed E-state index contributed by atoms with van der Waals surface area (Å²) in [6, 6.07) is 1.85. The van der Waals surface area contributed by atoms with Crippen LogP contribution in [-0.4, -0.2) is 25.9 Å². The summed E-state index contributed by atoms with van der Waals surface area (Å²) in [5.41, 5.74) is 0.220. The van der Waals surface area contributed by atoms with Gasteiger partial charge in [0.15, 0.2) is 9.84 Å². The molecule has 1 aromatic rings. The Morgan fingerprint density at radius 1 is 1.31 bits per heavy atom. The lowest BCUT2D eigenvalue weighted by molar-refractivity contribution is 0.195. The third kappa shape index (κ3) is 2.99. The van der Waals surface area contributed by atoms with Gasteiger partial charge in [0, 0.05) is 6.26 Å². The molecule has 0 amide bonds. The van der Waals surface area contributed by atoms with E-state index in [1.807, 2.05) is 0 Å². The second-order valence-electron chi connectivity index (χ2n) is 3.71. The van der Waals surface area contributed by atoms with Crippen LogP contribution in [0.1, 0.15) is 12.5 Å². The Balaban J connectivity index is 3.29. The molecule has 1 N–H and O–H groups in total. The van der Waals surface area contributed by atoms with Crippen molar-refractivity contribution in [1.82, 2.24) is 0 Å². The van der Waals surface area contributed by atoms with Crippen LogP contribution in [0.5, 0.6) is 0 Å². The molecule has 0 spiro atoms. The SMILES string of the molecule is CC(O)Cc1cc(F)c(S(C)(=O)=O)c(F)c1. The van der Waals surface area contributed by atoms with Crippen molar-refractivity contribution in [3.8, 4) is 0 Å². The van der Waals surface area contributed by atoms with Crippen LogP contribution in [0.25, 0.3) is 0 Å². The highest BCUT2D eigenvalue weighted by Gasteiger charge is 2.20. The molecule has 0 aliphatic heterocycles. The Hall–Kier alpha value is -1.01. The fourth-order valence-electron chi connectivity index (χ4n) is 1.43. The third-order valence-corrected chi connectivity index (χ3v) is 3.09. The zero-order chi connectivity index (χ0) is 12.5. The molecule has 1 atom stereocenters. The van der Waals surface area contributed by atoms with Gasteiger partial charge in [-0.25, -0.2) is 17.2 Å². The average Bonchev–Trinajstić information content (AvgIpc) is 1.96. The molecule has 16 heavy (non-hydrogen) atoms. The highest BCUT2D eigenvalue weighted by molar-refractivity contribution is 7.90. The number of hydrogen-bond donors (Lipinski definition) is 1. The van der Waals surface area contributed by atoms with Crippen molar-refractivity contribution in [2.75, 3.05) is 6.26 Å². The van der Waals surface area contributed by atoms with Gasteiger partial charge in [-0.2, -0.15) is 0 Å². The Bertz CT molecular complexity index is 472. The van der Waals surface area contributed by atoms with Crippen LogP contribution in [0.15, 0.2) is 17.0 Å². The van der Waals surface area contributed by atoms with Crippen LogP contribution in [0, 0.1) is 11.6 Å². The molecule has 0 aromatic heterocycles. The summed E-state index contributed by atoms with van der Waals surface area (Å²) < 4.78 is 48.9. The molecule has 0 aliphatic carbocycles. The predicted molar refractivity (Wildman–Crippen MR) is 54.9 cm³/mol. The minimum atomic E-state index is -3.92. The standard InChI is InChI=1S/C10H12F2O3S/c1-6(13)3-7-4-8(11)10(9(12)5-7)16(2,14)15/h4-6,13H,3H2,1-2H3. The highest BCUT2D eigenvalue weighted by atomic mass is 32.2. The van der Waals surface area contributed by atoms with E-state index >= 15 is 0 Å². The molecular formula is C10H12F2O3S. The van der Waals surface area contributed by atoms with Crippen molar-refractivity contribution in [3.63, 3.8) is 0 Å². The first-order chi connectivity index (χ1) is 7.21. The molecule has 3 nitrogen and oxygen atoms in total. The molecule has 0 heterocycles. The van der Waals surface area contributed by atoms with Crippen molar-refractivity contribution in [2.45, 2.75) is 24.3 Å². The second kappa shape index (κ2) is 4.47. The van der Waals surface area contributed by atoms with Crippen LogP contribution < -0.4 is 0 Å². The minimum Gasteiger partial charge on any atom is -0.393 e. The van der Waals surface area contributed by atoms with Gasteiger partial charge in [0.05, 0.1) is 6.10 Å². The van der Waals surface area contributed by atoms with Gasteiger partial charge in [-0.3, -0.25) is 0 Å². The quantitative estimate of drug-likeness (QED) is 0.879. The molecule has 6 heteroatoms. The van der Waals surface area contributed by atoms with Crippen molar-refractivity contribution in [1.29, 1.82) is 0 Å². The number of benzene rings is 1. The van der Waals surface area contributed by atoms with Gasteiger partial charge in [0.25, 0.3) is 0 Å². The summed E-state index contributed by atoms with van der Waals surface area (Å²) in [6.45, 7) is 1.47. The summed E-state index contributed by atoms with van der Waals surface area (Å²) in [6.07, 6.45) is 0.0589. The molecule has 0 fully saturated rings. The first kappa shape index (κ1) is 13.1. The Morgan fingerprint density at radius 2 is 1.75 bits per heavy atom. The monoisotopic (exact) mass is 250 g/mol. The summed E-state index contributed by atoms with van der Waals surface area (Å²) in [7, 11) is -3.92. The fourth-order valence-corrected chi connectivity index (χ4v) is 2.25. The molecule has 1 aromatic carbocycles. The topological polar surface area (TPSA) is 54.4 Å². The van der Waals surface area contributed by atoms with E-state index in [0.717, 1.165) is 18.4 Å². The van der Waals surface area contributed by atoms with Crippen molar-refractivity contribution in [3.05, 3.63) is 29.3 Å². The van der Waals surface area contributed by atoms with Gasteiger partial charge in [-0.15, -0.1) is 0 Å². The molecule has 0 radical (unpaired) electrons. The minimum absolute atomic E-state index is 0.0673. The van der Waals surface area contributed by atoms with E-state index in [0.29, 0.717) is 0 Å². The first-order valence-corrected chi connectivity index (χ1v) is 6.47. The maximum absolute atomic E-state index is 13.4. The van der Waals surface area contributed by atoms with Crippen molar-refractivity contribution >= 4 is 9.84 Å². The van der Waals surface area contributed by atoms with Crippen LogP contribution >= 0.6 is 0 Å². The Kier molecular flexibility index (Phi) is 3.64. The van der Waals surface area contributed by atoms with E-state index in [9.17, 15) is 17.2 Å². The van der Waals surface area contributed by atoms with Crippen molar-refractivity contribution < 1.29 is 22.3 Å². The highest BCUT2D eigenvalue weighted by Crippen LogP contribution is 2.21. The molecule has 0 aliphatic rings. The number of aliphatic hydroxyl groups is 1. The lowest BCUT2D eigenvalue weighted by Crippen LogP contribution is -2.09. The number of hydrogen-bond acceptors (Lipinski definition) is 3. The lowest BCUT2D eigenvalue weighted by atomic mass is 10.1. The largest absolute Gasteiger partial charge is 0.393 e. The van der Waals surface area contributed by atoms with E-state index in [4.69, 9.17) is 5.11 Å². The average molecular weight is 250 g/mol. The van der Waals surface area contributed by atoms with Gasteiger partial charge in [-0.1, -0.05) is 0 Å². The van der Waals surface area contributed by atoms with Gasteiger partial charge in [0.1, 0.15) is 16.5 Å². The van der Waals surface area contributed by atoms with Crippen LogP contribution in [0.2, 0.25) is 0 Å². The van der Waals surface area contributed by atoms with Gasteiger partial charge >= 0.3 is 0 Å². The smallest absolute Gasteiger partial charge is 0.181 e. The van der Waals surface area contributed by atoms with E-state index in [1.165, 1.54) is 6.92 Å². The lowest BCUT2D eigenvalue weighted by Gasteiger charge is -2.08. The molecule has 90 valence electrons. The van der Waals surface area contributed by atoms with Gasteiger partial charge in [0.2, 0.25) is 0 Å². The van der Waals surface area contributed by atoms with E-state index in [1.54, 1.807) is 0 Å². The maximum Gasteiger partial charge on any atom is 0.181 e. The van der Waals surface area contributed by atoms with Gasteiger partial charge in [-0.05, 0) is 31.0 Å². The molecule has 0 bridgehead atoms. The van der Waals surface area contributed by atoms with E-state index in [-0.39, 0.29) is 12.0 Å². The number of sulfone groups is 1. The zero-order valence-electron chi connectivity index (χ0n) is 8.87. The Morgan fingerprint density at radius 3 is 2.06 bits per heavy atom. The van der Waals surface area contributed by atoms with E-state index in [2.05, 4.69) is 0 Å². The van der Waals surface area contributed by atoms with Crippen molar-refractivity contribution in [2.24, 2.45) is 0 Å². The molecule has 1 unspecified atom stereocenters. The van der Waals surface area contributed by atoms with Gasteiger partial charge < -0.3 is 5.11 Å². The second-order valence-corrected chi connectivity index (χ2v) is 5.67. The summed E-state index contributed by atoms with van der Waals surface area (Å²) in [5, 5.41) is 9.05. The normalized spacial score (nSPS) is 13.8. The predicted octanol–water partition coefficient (Wildman–Crippen LogP) is 1.29. The molecule has 1 rings (SSSR count). The number of halogens is 2. The summed E-state index contributed by atoms with van der Waals surface area (Å²) in [5.74, 6) is -2.25. The van der Waals surface area contributed by atoms with Crippen LogP contribution in [0.4, 0.5) is 8.78 Å². The summed E-state index contributed by atoms with van der Waals surface area (Å²) >= 11 is 0. The number of aliphatic hydroxyl groups excluding tert-OH is 1. The first-order valence-electron chi connectivity index (χ1n) is 4.58. The summed E-state index contributed by atoms with van der Waals surface area (Å²) in [4.78, 5) is -0.929. The van der Waals surface area contributed by atoms with Crippen LogP contribution in [-0.2, 0) is 16.3 Å². The maximum atomic E-state index is 13.4.